The molecule has 0 aliphatic carbocycles. The van der Waals surface area contributed by atoms with E-state index in [1.54, 1.807) is 6.92 Å². The largest absolute Gasteiger partial charge is 0.446 e. The van der Waals surface area contributed by atoms with Crippen molar-refractivity contribution in [3.05, 3.63) is 29.8 Å². The molecule has 1 aliphatic heterocycles. The third-order valence-electron chi connectivity index (χ3n) is 3.23. The number of rotatable bonds is 5. The summed E-state index contributed by atoms with van der Waals surface area (Å²) in [5.74, 6) is -0.965. The van der Waals surface area contributed by atoms with Crippen molar-refractivity contribution in [2.75, 3.05) is 6.54 Å². The van der Waals surface area contributed by atoms with Gasteiger partial charge in [-0.3, -0.25) is 9.59 Å². The summed E-state index contributed by atoms with van der Waals surface area (Å²) >= 11 is -0.233. The molecule has 0 fully saturated rings. The second-order valence-electron chi connectivity index (χ2n) is 4.90. The molecule has 0 bridgehead atoms. The van der Waals surface area contributed by atoms with Crippen molar-refractivity contribution in [3.8, 4) is 0 Å². The number of alkyl halides is 3. The highest BCUT2D eigenvalue weighted by atomic mass is 32.2. The molecule has 1 aromatic carbocycles. The van der Waals surface area contributed by atoms with Crippen LogP contribution in [0.5, 0.6) is 0 Å². The standard InChI is InChI=1S/C14H14F3N3O2S/c1-8-11(13(22)20-19-8)6-7-18-12(21)9-2-4-10(5-3-9)23-14(15,16)17/h2-5,11H,6-7H2,1H3,(H,18,21)(H,20,22)/t11-/m1/s1. The van der Waals surface area contributed by atoms with Gasteiger partial charge in [-0.05, 0) is 49.4 Å². The average Bonchev–Trinajstić information content (AvgIpc) is 2.78. The molecular formula is C14H14F3N3O2S. The van der Waals surface area contributed by atoms with E-state index >= 15 is 0 Å². The number of carbonyl (C=O) groups is 2. The zero-order chi connectivity index (χ0) is 17.0. The van der Waals surface area contributed by atoms with Crippen molar-refractivity contribution in [1.29, 1.82) is 0 Å². The average molecular weight is 345 g/mol. The van der Waals surface area contributed by atoms with Gasteiger partial charge in [0.25, 0.3) is 5.91 Å². The molecule has 0 unspecified atom stereocenters. The van der Waals surface area contributed by atoms with E-state index in [2.05, 4.69) is 15.8 Å². The number of halogens is 3. The van der Waals surface area contributed by atoms with E-state index in [-0.39, 0.29) is 40.6 Å². The maximum absolute atomic E-state index is 12.2. The molecule has 0 saturated carbocycles. The Hall–Kier alpha value is -2.03. The summed E-state index contributed by atoms with van der Waals surface area (Å²) in [6.07, 6.45) is 0.412. The molecule has 0 saturated heterocycles. The maximum atomic E-state index is 12.2. The number of thioether (sulfide) groups is 1. The molecule has 1 atom stereocenters. The summed E-state index contributed by atoms with van der Waals surface area (Å²) in [6.45, 7) is 1.99. The smallest absolute Gasteiger partial charge is 0.352 e. The lowest BCUT2D eigenvalue weighted by Crippen LogP contribution is -2.30. The lowest BCUT2D eigenvalue weighted by molar-refractivity contribution is -0.122. The molecule has 9 heteroatoms. The first kappa shape index (κ1) is 17.3. The Kier molecular flexibility index (Phi) is 5.30. The van der Waals surface area contributed by atoms with Crippen LogP contribution in [0.15, 0.2) is 34.3 Å². The number of carbonyl (C=O) groups excluding carboxylic acids is 2. The highest BCUT2D eigenvalue weighted by Crippen LogP contribution is 2.36. The van der Waals surface area contributed by atoms with E-state index in [4.69, 9.17) is 0 Å². The number of nitrogens with one attached hydrogen (secondary N) is 2. The van der Waals surface area contributed by atoms with Crippen molar-refractivity contribution in [2.45, 2.75) is 23.7 Å². The Morgan fingerprint density at radius 3 is 2.52 bits per heavy atom. The molecule has 2 rings (SSSR count). The van der Waals surface area contributed by atoms with Crippen LogP contribution in [0, 0.1) is 5.92 Å². The number of benzene rings is 1. The van der Waals surface area contributed by atoms with Crippen LogP contribution < -0.4 is 10.7 Å². The highest BCUT2D eigenvalue weighted by molar-refractivity contribution is 8.00. The fraction of sp³-hybridized carbons (Fsp3) is 0.357. The summed E-state index contributed by atoms with van der Waals surface area (Å²) in [4.78, 5) is 23.4. The quantitative estimate of drug-likeness (QED) is 0.806. The lowest BCUT2D eigenvalue weighted by atomic mass is 10.0. The van der Waals surface area contributed by atoms with Gasteiger partial charge in [-0.15, -0.1) is 0 Å². The van der Waals surface area contributed by atoms with E-state index in [0.29, 0.717) is 12.1 Å². The van der Waals surface area contributed by atoms with E-state index in [0.717, 1.165) is 0 Å². The topological polar surface area (TPSA) is 70.6 Å². The minimum atomic E-state index is -4.36. The lowest BCUT2D eigenvalue weighted by Gasteiger charge is -2.10. The fourth-order valence-corrected chi connectivity index (χ4v) is 2.61. The number of hydrogen-bond donors (Lipinski definition) is 2. The van der Waals surface area contributed by atoms with Crippen LogP contribution in [0.3, 0.4) is 0 Å². The highest BCUT2D eigenvalue weighted by Gasteiger charge is 2.29. The Bertz CT molecular complexity index is 629. The van der Waals surface area contributed by atoms with Crippen LogP contribution in [-0.4, -0.2) is 29.6 Å². The van der Waals surface area contributed by atoms with Gasteiger partial charge >= 0.3 is 5.51 Å². The van der Waals surface area contributed by atoms with Crippen molar-refractivity contribution >= 4 is 29.3 Å². The van der Waals surface area contributed by atoms with Crippen molar-refractivity contribution < 1.29 is 22.8 Å². The van der Waals surface area contributed by atoms with Gasteiger partial charge in [-0.25, -0.2) is 5.43 Å². The van der Waals surface area contributed by atoms with Crippen LogP contribution in [0.25, 0.3) is 0 Å². The van der Waals surface area contributed by atoms with Gasteiger partial charge in [0.1, 0.15) is 0 Å². The fourth-order valence-electron chi connectivity index (χ4n) is 2.07. The van der Waals surface area contributed by atoms with Crippen LogP contribution in [0.2, 0.25) is 0 Å². The van der Waals surface area contributed by atoms with Gasteiger partial charge in [-0.2, -0.15) is 18.3 Å². The van der Waals surface area contributed by atoms with Crippen LogP contribution >= 0.6 is 11.8 Å². The molecule has 2 amide bonds. The molecule has 0 spiro atoms. The van der Waals surface area contributed by atoms with Gasteiger partial charge in [0.15, 0.2) is 0 Å². The molecule has 23 heavy (non-hydrogen) atoms. The number of hydrogen-bond acceptors (Lipinski definition) is 4. The molecule has 0 aromatic heterocycles. The summed E-state index contributed by atoms with van der Waals surface area (Å²) in [5, 5.41) is 6.44. The molecule has 0 radical (unpaired) electrons. The van der Waals surface area contributed by atoms with E-state index in [1.165, 1.54) is 24.3 Å². The van der Waals surface area contributed by atoms with E-state index in [9.17, 15) is 22.8 Å². The zero-order valence-electron chi connectivity index (χ0n) is 12.1. The predicted molar refractivity (Wildman–Crippen MR) is 80.0 cm³/mol. The molecule has 5 nitrogen and oxygen atoms in total. The molecule has 1 aliphatic rings. The van der Waals surface area contributed by atoms with Gasteiger partial charge in [0.2, 0.25) is 5.91 Å². The van der Waals surface area contributed by atoms with Gasteiger partial charge in [0, 0.05) is 22.7 Å². The first-order chi connectivity index (χ1) is 10.8. The second-order valence-corrected chi connectivity index (χ2v) is 6.04. The predicted octanol–water partition coefficient (Wildman–Crippen LogP) is 2.54. The monoisotopic (exact) mass is 345 g/mol. The van der Waals surface area contributed by atoms with Gasteiger partial charge < -0.3 is 5.32 Å². The number of amides is 2. The Morgan fingerprint density at radius 2 is 2.00 bits per heavy atom. The molecule has 124 valence electrons. The zero-order valence-corrected chi connectivity index (χ0v) is 12.9. The van der Waals surface area contributed by atoms with Crippen molar-refractivity contribution in [1.82, 2.24) is 10.7 Å². The minimum absolute atomic E-state index is 0.0171. The van der Waals surface area contributed by atoms with Crippen molar-refractivity contribution in [2.24, 2.45) is 11.0 Å². The Labute approximate surface area is 134 Å². The Morgan fingerprint density at radius 1 is 1.35 bits per heavy atom. The molecule has 1 heterocycles. The van der Waals surface area contributed by atoms with Crippen LogP contribution in [-0.2, 0) is 4.79 Å². The third-order valence-corrected chi connectivity index (χ3v) is 3.97. The summed E-state index contributed by atoms with van der Waals surface area (Å²) in [6, 6.07) is 5.15. The Balaban J connectivity index is 1.84. The van der Waals surface area contributed by atoms with Gasteiger partial charge in [0.05, 0.1) is 5.92 Å². The normalized spacial score (nSPS) is 17.7. The number of nitrogens with zero attached hydrogens (tertiary/aromatic N) is 1. The summed E-state index contributed by atoms with van der Waals surface area (Å²) in [7, 11) is 0. The maximum Gasteiger partial charge on any atom is 0.446 e. The minimum Gasteiger partial charge on any atom is -0.352 e. The van der Waals surface area contributed by atoms with Crippen molar-refractivity contribution in [3.63, 3.8) is 0 Å². The first-order valence-corrected chi connectivity index (χ1v) is 7.56. The van der Waals surface area contributed by atoms with Gasteiger partial charge in [-0.1, -0.05) is 0 Å². The third kappa shape index (κ3) is 4.98. The SMILES string of the molecule is CC1=NNC(=O)[C@@H]1CCNC(=O)c1ccc(SC(F)(F)F)cc1. The number of hydrazone groups is 1. The summed E-state index contributed by atoms with van der Waals surface area (Å²) < 4.78 is 36.7. The molecule has 2 N–H and O–H groups in total. The second kappa shape index (κ2) is 7.03. The first-order valence-electron chi connectivity index (χ1n) is 6.74. The van der Waals surface area contributed by atoms with E-state index < -0.39 is 11.4 Å². The van der Waals surface area contributed by atoms with Crippen LogP contribution in [0.1, 0.15) is 23.7 Å². The van der Waals surface area contributed by atoms with E-state index in [1.807, 2.05) is 0 Å². The molecular weight excluding hydrogens is 331 g/mol. The van der Waals surface area contributed by atoms with Crippen LogP contribution in [0.4, 0.5) is 13.2 Å². The summed E-state index contributed by atoms with van der Waals surface area (Å²) in [5.41, 5.74) is -1.07. The molecule has 1 aromatic rings.